The van der Waals surface area contributed by atoms with Crippen LogP contribution < -0.4 is 5.43 Å². The van der Waals surface area contributed by atoms with Crippen LogP contribution in [0.4, 0.5) is 0 Å². The lowest BCUT2D eigenvalue weighted by atomic mass is 9.96. The number of unbranched alkanes of at least 4 members (excludes halogenated alkanes) is 7. The number of carbonyl (C=O) groups is 1. The molecule has 1 N–H and O–H groups in total. The van der Waals surface area contributed by atoms with Crippen LogP contribution in [0.15, 0.2) is 5.10 Å². The van der Waals surface area contributed by atoms with Crippen LogP contribution in [-0.2, 0) is 4.79 Å². The highest BCUT2D eigenvalue weighted by atomic mass is 16.2. The van der Waals surface area contributed by atoms with Crippen molar-refractivity contribution in [2.24, 2.45) is 11.0 Å². The Morgan fingerprint density at radius 1 is 1.06 bits per heavy atom. The van der Waals surface area contributed by atoms with Crippen molar-refractivity contribution in [2.45, 2.75) is 71.6 Å². The van der Waals surface area contributed by atoms with Gasteiger partial charge in [0, 0.05) is 5.71 Å². The van der Waals surface area contributed by atoms with Gasteiger partial charge in [-0.1, -0.05) is 58.3 Å². The third-order valence-corrected chi connectivity index (χ3v) is 3.51. The predicted octanol–water partition coefficient (Wildman–Crippen LogP) is 3.64. The van der Waals surface area contributed by atoms with E-state index in [1.807, 2.05) is 6.92 Å². The lowest BCUT2D eigenvalue weighted by Crippen LogP contribution is -2.21. The summed E-state index contributed by atoms with van der Waals surface area (Å²) in [5, 5.41) is 3.96. The van der Waals surface area contributed by atoms with E-state index in [9.17, 15) is 4.79 Å². The summed E-state index contributed by atoms with van der Waals surface area (Å²) in [6, 6.07) is 0. The van der Waals surface area contributed by atoms with Crippen molar-refractivity contribution >= 4 is 11.6 Å². The van der Waals surface area contributed by atoms with Gasteiger partial charge in [-0.3, -0.25) is 4.79 Å². The molecule has 98 valence electrons. The maximum absolute atomic E-state index is 11.4. The van der Waals surface area contributed by atoms with Gasteiger partial charge in [0.15, 0.2) is 0 Å². The van der Waals surface area contributed by atoms with Gasteiger partial charge in [0.1, 0.15) is 0 Å². The molecule has 0 aromatic rings. The minimum atomic E-state index is 0.0510. The van der Waals surface area contributed by atoms with Crippen molar-refractivity contribution in [3.05, 3.63) is 0 Å². The molecule has 1 aliphatic heterocycles. The number of nitrogens with zero attached hydrogens (tertiary/aromatic N) is 1. The molecular weight excluding hydrogens is 212 g/mol. The standard InChI is InChI=1S/C14H26N2O/c1-3-4-5-6-7-8-9-10-11-13-12(2)15-16-14(13)17/h13H,3-11H2,1-2H3,(H,16,17). The number of nitrogens with one attached hydrogen (secondary N) is 1. The van der Waals surface area contributed by atoms with E-state index in [4.69, 9.17) is 0 Å². The number of amides is 1. The number of hydrogen-bond donors (Lipinski definition) is 1. The highest BCUT2D eigenvalue weighted by Gasteiger charge is 2.25. The van der Waals surface area contributed by atoms with Crippen molar-refractivity contribution in [3.63, 3.8) is 0 Å². The largest absolute Gasteiger partial charge is 0.272 e. The highest BCUT2D eigenvalue weighted by Crippen LogP contribution is 2.17. The zero-order chi connectivity index (χ0) is 12.5. The zero-order valence-electron chi connectivity index (χ0n) is 11.3. The lowest BCUT2D eigenvalue weighted by Gasteiger charge is -2.07. The Kier molecular flexibility index (Phi) is 6.90. The lowest BCUT2D eigenvalue weighted by molar-refractivity contribution is -0.122. The number of hydrogen-bond acceptors (Lipinski definition) is 2. The average molecular weight is 238 g/mol. The molecule has 1 unspecified atom stereocenters. The molecular formula is C14H26N2O. The number of hydrazone groups is 1. The second kappa shape index (κ2) is 8.26. The fraction of sp³-hybridized carbons (Fsp3) is 0.857. The van der Waals surface area contributed by atoms with E-state index in [0.717, 1.165) is 18.6 Å². The van der Waals surface area contributed by atoms with E-state index in [-0.39, 0.29) is 11.8 Å². The molecule has 0 fully saturated rings. The maximum atomic E-state index is 11.4. The van der Waals surface area contributed by atoms with Gasteiger partial charge in [0.05, 0.1) is 5.92 Å². The van der Waals surface area contributed by atoms with Crippen LogP contribution in [0.1, 0.15) is 71.6 Å². The first-order valence-corrected chi connectivity index (χ1v) is 7.09. The molecule has 1 atom stereocenters. The minimum Gasteiger partial charge on any atom is -0.272 e. The van der Waals surface area contributed by atoms with Crippen LogP contribution >= 0.6 is 0 Å². The van der Waals surface area contributed by atoms with Gasteiger partial charge in [-0.05, 0) is 13.3 Å². The van der Waals surface area contributed by atoms with Gasteiger partial charge < -0.3 is 0 Å². The SMILES string of the molecule is CCCCCCCCCCC1C(=O)NN=C1C. The van der Waals surface area contributed by atoms with E-state index in [1.165, 1.54) is 44.9 Å². The second-order valence-corrected chi connectivity index (χ2v) is 5.05. The Morgan fingerprint density at radius 2 is 1.65 bits per heavy atom. The average Bonchev–Trinajstić information content (AvgIpc) is 2.63. The van der Waals surface area contributed by atoms with Gasteiger partial charge in [-0.15, -0.1) is 0 Å². The van der Waals surface area contributed by atoms with Crippen LogP contribution in [-0.4, -0.2) is 11.6 Å². The zero-order valence-corrected chi connectivity index (χ0v) is 11.3. The van der Waals surface area contributed by atoms with E-state index in [1.54, 1.807) is 0 Å². The molecule has 0 saturated heterocycles. The van der Waals surface area contributed by atoms with Crippen molar-refractivity contribution in [2.75, 3.05) is 0 Å². The molecule has 3 nitrogen and oxygen atoms in total. The molecule has 1 heterocycles. The Hall–Kier alpha value is -0.860. The molecule has 0 aromatic heterocycles. The topological polar surface area (TPSA) is 41.5 Å². The molecule has 0 aromatic carbocycles. The fourth-order valence-corrected chi connectivity index (χ4v) is 2.31. The molecule has 17 heavy (non-hydrogen) atoms. The van der Waals surface area contributed by atoms with Crippen molar-refractivity contribution in [1.29, 1.82) is 0 Å². The highest BCUT2D eigenvalue weighted by molar-refractivity contribution is 6.06. The van der Waals surface area contributed by atoms with Crippen LogP contribution in [0.25, 0.3) is 0 Å². The number of rotatable bonds is 9. The summed E-state index contributed by atoms with van der Waals surface area (Å²) in [5.41, 5.74) is 3.50. The van der Waals surface area contributed by atoms with Crippen LogP contribution in [0.3, 0.4) is 0 Å². The van der Waals surface area contributed by atoms with Crippen LogP contribution in [0, 0.1) is 5.92 Å². The second-order valence-electron chi connectivity index (χ2n) is 5.05. The third kappa shape index (κ3) is 5.33. The summed E-state index contributed by atoms with van der Waals surface area (Å²) < 4.78 is 0. The smallest absolute Gasteiger partial charge is 0.248 e. The van der Waals surface area contributed by atoms with E-state index in [0.29, 0.717) is 0 Å². The Balaban J connectivity index is 1.94. The van der Waals surface area contributed by atoms with Gasteiger partial charge in [-0.2, -0.15) is 5.10 Å². The molecule has 1 rings (SSSR count). The first-order chi connectivity index (χ1) is 8.25. The molecule has 0 saturated carbocycles. The Morgan fingerprint density at radius 3 is 2.18 bits per heavy atom. The Labute approximate surface area is 105 Å². The van der Waals surface area contributed by atoms with Gasteiger partial charge in [0.2, 0.25) is 5.91 Å². The molecule has 1 amide bonds. The molecule has 0 aliphatic carbocycles. The summed E-state index contributed by atoms with van der Waals surface area (Å²) in [6.45, 7) is 4.18. The summed E-state index contributed by atoms with van der Waals surface area (Å²) in [5.74, 6) is 0.139. The number of carbonyl (C=O) groups excluding carboxylic acids is 1. The van der Waals surface area contributed by atoms with Crippen LogP contribution in [0.2, 0.25) is 0 Å². The molecule has 3 heteroatoms. The van der Waals surface area contributed by atoms with Gasteiger partial charge in [0.25, 0.3) is 0 Å². The first kappa shape index (κ1) is 14.2. The summed E-state index contributed by atoms with van der Waals surface area (Å²) in [6.07, 6.45) is 11.5. The van der Waals surface area contributed by atoms with E-state index in [2.05, 4.69) is 17.5 Å². The normalized spacial score (nSPS) is 19.3. The molecule has 0 radical (unpaired) electrons. The van der Waals surface area contributed by atoms with E-state index >= 15 is 0 Å². The summed E-state index contributed by atoms with van der Waals surface area (Å²) >= 11 is 0. The Bertz CT molecular complexity index is 261. The third-order valence-electron chi connectivity index (χ3n) is 3.51. The predicted molar refractivity (Wildman–Crippen MR) is 72.0 cm³/mol. The van der Waals surface area contributed by atoms with Gasteiger partial charge in [-0.25, -0.2) is 5.43 Å². The fourth-order valence-electron chi connectivity index (χ4n) is 2.31. The van der Waals surface area contributed by atoms with Crippen molar-refractivity contribution in [1.82, 2.24) is 5.43 Å². The van der Waals surface area contributed by atoms with Crippen LogP contribution in [0.5, 0.6) is 0 Å². The molecule has 0 bridgehead atoms. The molecule has 0 spiro atoms. The monoisotopic (exact) mass is 238 g/mol. The first-order valence-electron chi connectivity index (χ1n) is 7.09. The molecule has 1 aliphatic rings. The van der Waals surface area contributed by atoms with Crippen molar-refractivity contribution in [3.8, 4) is 0 Å². The maximum Gasteiger partial charge on any atom is 0.248 e. The quantitative estimate of drug-likeness (QED) is 0.612. The minimum absolute atomic E-state index is 0.0510. The summed E-state index contributed by atoms with van der Waals surface area (Å²) in [7, 11) is 0. The summed E-state index contributed by atoms with van der Waals surface area (Å²) in [4.78, 5) is 11.4. The van der Waals surface area contributed by atoms with Crippen molar-refractivity contribution < 1.29 is 4.79 Å². The van der Waals surface area contributed by atoms with Gasteiger partial charge >= 0.3 is 0 Å². The van der Waals surface area contributed by atoms with E-state index < -0.39 is 0 Å².